The standard InChI is InChI=1S/C40H40FN3O8/c1-26(2)38-37(40(48)42-31-13-7-4-8-14-31)36(28-11-5-3-6-12-28)39(29-16-18-30(41)19-17-29)43(38)21-20-32(45)23-33(46)24-35(47)52-34-15-9-10-27(22-34)25-51-44(49)50/h3-19,22,26,32-33,45-46H,20-21,23-25H2,1-2H3,(H,42,48)/t32-,33-/m0/s1. The molecule has 0 unspecified atom stereocenters. The van der Waals surface area contributed by atoms with Crippen LogP contribution in [0.4, 0.5) is 10.1 Å². The van der Waals surface area contributed by atoms with Gasteiger partial charge in [-0.3, -0.25) is 9.59 Å². The van der Waals surface area contributed by atoms with Crippen molar-refractivity contribution in [3.63, 3.8) is 0 Å². The third-order valence-corrected chi connectivity index (χ3v) is 8.39. The van der Waals surface area contributed by atoms with Crippen LogP contribution in [0.5, 0.6) is 5.75 Å². The molecule has 5 rings (SSSR count). The first kappa shape index (κ1) is 37.4. The highest BCUT2D eigenvalue weighted by Crippen LogP contribution is 2.42. The van der Waals surface area contributed by atoms with Gasteiger partial charge in [0.05, 0.1) is 29.9 Å². The highest BCUT2D eigenvalue weighted by atomic mass is 19.1. The minimum absolute atomic E-state index is 0.130. The third kappa shape index (κ3) is 9.68. The lowest BCUT2D eigenvalue weighted by Crippen LogP contribution is -2.24. The summed E-state index contributed by atoms with van der Waals surface area (Å²) in [5.41, 5.74) is 5.00. The number of hydrogen-bond donors (Lipinski definition) is 3. The van der Waals surface area contributed by atoms with Crippen LogP contribution in [0.1, 0.15) is 60.6 Å². The smallest absolute Gasteiger partial charge is 0.313 e. The van der Waals surface area contributed by atoms with Crippen LogP contribution in [0, 0.1) is 15.9 Å². The summed E-state index contributed by atoms with van der Waals surface area (Å²) < 4.78 is 21.5. The van der Waals surface area contributed by atoms with Gasteiger partial charge in [-0.2, -0.15) is 0 Å². The Morgan fingerprint density at radius 1 is 0.885 bits per heavy atom. The highest BCUT2D eigenvalue weighted by Gasteiger charge is 2.31. The van der Waals surface area contributed by atoms with E-state index in [0.717, 1.165) is 5.56 Å². The lowest BCUT2D eigenvalue weighted by molar-refractivity contribution is -0.763. The second-order valence-electron chi connectivity index (χ2n) is 12.6. The third-order valence-electron chi connectivity index (χ3n) is 8.39. The van der Waals surface area contributed by atoms with Crippen molar-refractivity contribution >= 4 is 17.6 Å². The highest BCUT2D eigenvalue weighted by molar-refractivity contribution is 6.12. The molecule has 3 N–H and O–H groups in total. The first-order valence-corrected chi connectivity index (χ1v) is 16.9. The Hall–Kier alpha value is -5.85. The summed E-state index contributed by atoms with van der Waals surface area (Å²) in [5, 5.41) is 34.5. The summed E-state index contributed by atoms with van der Waals surface area (Å²) in [6.07, 6.45) is -2.67. The molecule has 1 heterocycles. The number of nitrogens with one attached hydrogen (secondary N) is 1. The summed E-state index contributed by atoms with van der Waals surface area (Å²) in [6.45, 7) is 3.87. The van der Waals surface area contributed by atoms with E-state index in [4.69, 9.17) is 4.74 Å². The molecule has 5 aromatic rings. The number of anilines is 1. The summed E-state index contributed by atoms with van der Waals surface area (Å²) in [5.74, 6) is -1.50. The van der Waals surface area contributed by atoms with Crippen LogP contribution in [0.3, 0.4) is 0 Å². The first-order chi connectivity index (χ1) is 25.0. The fourth-order valence-corrected chi connectivity index (χ4v) is 6.19. The molecule has 1 amide bonds. The number of aromatic nitrogens is 1. The van der Waals surface area contributed by atoms with Crippen LogP contribution in [0.2, 0.25) is 0 Å². The topological polar surface area (TPSA) is 153 Å². The normalized spacial score (nSPS) is 12.3. The van der Waals surface area contributed by atoms with Crippen LogP contribution in [0.25, 0.3) is 22.4 Å². The Morgan fingerprint density at radius 3 is 2.21 bits per heavy atom. The zero-order valence-electron chi connectivity index (χ0n) is 28.8. The number of benzene rings is 4. The van der Waals surface area contributed by atoms with E-state index >= 15 is 0 Å². The van der Waals surface area contributed by atoms with Crippen molar-refractivity contribution in [2.24, 2.45) is 0 Å². The molecule has 270 valence electrons. The minimum atomic E-state index is -1.23. The predicted octanol–water partition coefficient (Wildman–Crippen LogP) is 7.54. The first-order valence-electron chi connectivity index (χ1n) is 16.9. The fourth-order valence-electron chi connectivity index (χ4n) is 6.19. The average molecular weight is 710 g/mol. The van der Waals surface area contributed by atoms with Crippen molar-refractivity contribution in [3.8, 4) is 28.1 Å². The van der Waals surface area contributed by atoms with Gasteiger partial charge >= 0.3 is 5.97 Å². The van der Waals surface area contributed by atoms with Gasteiger partial charge in [-0.1, -0.05) is 74.5 Å². The van der Waals surface area contributed by atoms with Crippen LogP contribution < -0.4 is 10.1 Å². The van der Waals surface area contributed by atoms with Gasteiger partial charge in [0, 0.05) is 23.5 Å². The summed E-state index contributed by atoms with van der Waals surface area (Å²) in [7, 11) is 0. The Kier molecular flexibility index (Phi) is 12.5. The van der Waals surface area contributed by atoms with E-state index in [-0.39, 0.29) is 43.6 Å². The molecule has 0 saturated heterocycles. The second-order valence-corrected chi connectivity index (χ2v) is 12.6. The molecule has 11 nitrogen and oxygen atoms in total. The maximum absolute atomic E-state index is 14.2. The summed E-state index contributed by atoms with van der Waals surface area (Å²) in [4.78, 5) is 41.7. The van der Waals surface area contributed by atoms with Crippen LogP contribution in [-0.2, 0) is 22.8 Å². The van der Waals surface area contributed by atoms with E-state index in [0.29, 0.717) is 39.3 Å². The van der Waals surface area contributed by atoms with E-state index in [2.05, 4.69) is 10.2 Å². The van der Waals surface area contributed by atoms with Gasteiger partial charge < -0.3 is 29.7 Å². The van der Waals surface area contributed by atoms with Gasteiger partial charge in [-0.05, 0) is 84.0 Å². The van der Waals surface area contributed by atoms with E-state index < -0.39 is 35.5 Å². The molecule has 0 saturated carbocycles. The quantitative estimate of drug-likeness (QED) is 0.0411. The van der Waals surface area contributed by atoms with Crippen molar-refractivity contribution in [2.75, 3.05) is 5.32 Å². The van der Waals surface area contributed by atoms with Gasteiger partial charge in [0.2, 0.25) is 0 Å². The van der Waals surface area contributed by atoms with E-state index in [1.807, 2.05) is 66.9 Å². The maximum Gasteiger partial charge on any atom is 0.313 e. The molecule has 0 radical (unpaired) electrons. The van der Waals surface area contributed by atoms with Gasteiger partial charge in [0.25, 0.3) is 11.0 Å². The molecule has 0 fully saturated rings. The van der Waals surface area contributed by atoms with Crippen LogP contribution >= 0.6 is 0 Å². The van der Waals surface area contributed by atoms with Crippen LogP contribution in [-0.4, -0.2) is 44.0 Å². The molecular weight excluding hydrogens is 669 g/mol. The van der Waals surface area contributed by atoms with Crippen molar-refractivity contribution in [1.82, 2.24) is 4.57 Å². The monoisotopic (exact) mass is 709 g/mol. The van der Waals surface area contributed by atoms with E-state index in [9.17, 15) is 34.3 Å². The second kappa shape index (κ2) is 17.4. The molecule has 0 aliphatic carbocycles. The molecule has 4 aromatic carbocycles. The van der Waals surface area contributed by atoms with E-state index in [1.165, 1.54) is 24.3 Å². The fraction of sp³-hybridized carbons (Fsp3) is 0.250. The number of carbonyl (C=O) groups excluding carboxylic acids is 2. The number of hydrogen-bond acceptors (Lipinski definition) is 8. The number of aliphatic hydroxyl groups excluding tert-OH is 2. The lowest BCUT2D eigenvalue weighted by atomic mass is 9.94. The Balaban J connectivity index is 1.41. The molecule has 1 aromatic heterocycles. The molecule has 0 bridgehead atoms. The number of rotatable bonds is 16. The summed E-state index contributed by atoms with van der Waals surface area (Å²) >= 11 is 0. The molecular formula is C40H40FN3O8. The number of ether oxygens (including phenoxy) is 1. The number of esters is 1. The van der Waals surface area contributed by atoms with Crippen molar-refractivity contribution in [2.45, 2.75) is 64.4 Å². The van der Waals surface area contributed by atoms with Gasteiger partial charge in [-0.15, -0.1) is 10.1 Å². The number of aliphatic hydroxyl groups is 2. The Morgan fingerprint density at radius 2 is 1.56 bits per heavy atom. The molecule has 0 aliphatic rings. The molecule has 0 aliphatic heterocycles. The number of nitrogens with zero attached hydrogens (tertiary/aromatic N) is 2. The zero-order valence-corrected chi connectivity index (χ0v) is 28.8. The lowest BCUT2D eigenvalue weighted by Gasteiger charge is -2.20. The molecule has 2 atom stereocenters. The Labute approximate surface area is 300 Å². The van der Waals surface area contributed by atoms with Gasteiger partial charge in [0.1, 0.15) is 18.2 Å². The molecule has 0 spiro atoms. The zero-order chi connectivity index (χ0) is 37.2. The Bertz CT molecular complexity index is 1980. The number of halogens is 1. The number of amides is 1. The predicted molar refractivity (Wildman–Crippen MR) is 193 cm³/mol. The molecule has 52 heavy (non-hydrogen) atoms. The van der Waals surface area contributed by atoms with E-state index in [1.54, 1.807) is 36.4 Å². The number of carbonyl (C=O) groups is 2. The average Bonchev–Trinajstić information content (AvgIpc) is 3.46. The summed E-state index contributed by atoms with van der Waals surface area (Å²) in [6, 6.07) is 30.7. The SMILES string of the molecule is CC(C)c1c(C(=O)Nc2ccccc2)c(-c2ccccc2)c(-c2ccc(F)cc2)n1CC[C@H](O)C[C@H](O)CC(=O)Oc1cccc(CO[N+](=O)[O-])c1. The minimum Gasteiger partial charge on any atom is -0.426 e. The molecule has 12 heteroatoms. The maximum atomic E-state index is 14.2. The van der Waals surface area contributed by atoms with Crippen molar-refractivity contribution in [1.29, 1.82) is 0 Å². The van der Waals surface area contributed by atoms with Crippen molar-refractivity contribution < 1.29 is 38.9 Å². The van der Waals surface area contributed by atoms with Gasteiger partial charge in [0.15, 0.2) is 0 Å². The largest absolute Gasteiger partial charge is 0.426 e. The van der Waals surface area contributed by atoms with Crippen LogP contribution in [0.15, 0.2) is 109 Å². The van der Waals surface area contributed by atoms with Gasteiger partial charge in [-0.25, -0.2) is 4.39 Å². The number of para-hydroxylation sites is 1. The van der Waals surface area contributed by atoms with Crippen molar-refractivity contribution in [3.05, 3.63) is 142 Å².